The molecule has 3 saturated heterocycles. The van der Waals surface area contributed by atoms with Gasteiger partial charge >= 0.3 is 6.03 Å². The Morgan fingerprint density at radius 3 is 2.40 bits per heavy atom. The van der Waals surface area contributed by atoms with Gasteiger partial charge in [0.05, 0.1) is 11.4 Å². The highest BCUT2D eigenvalue weighted by Crippen LogP contribution is 2.44. The van der Waals surface area contributed by atoms with E-state index in [4.69, 9.17) is 5.14 Å². The van der Waals surface area contributed by atoms with Crippen LogP contribution in [0.5, 0.6) is 0 Å². The number of halogens is 1. The van der Waals surface area contributed by atoms with Crippen LogP contribution in [0.2, 0.25) is 0 Å². The van der Waals surface area contributed by atoms with Gasteiger partial charge in [-0.05, 0) is 73.9 Å². The Kier molecular flexibility index (Phi) is 8.77. The van der Waals surface area contributed by atoms with Gasteiger partial charge in [0.1, 0.15) is 11.4 Å². The number of nitrogens with zero attached hydrogens (tertiary/aromatic N) is 3. The molecule has 6 rings (SSSR count). The first kappa shape index (κ1) is 31.7. The number of hydrogen-bond acceptors (Lipinski definition) is 6. The highest BCUT2D eigenvalue weighted by atomic mass is 32.2. The fourth-order valence-corrected chi connectivity index (χ4v) is 8.13. The van der Waals surface area contributed by atoms with Gasteiger partial charge in [-0.15, -0.1) is 6.58 Å². The van der Waals surface area contributed by atoms with Crippen molar-refractivity contribution in [1.82, 2.24) is 20.0 Å². The topological polar surface area (TPSA) is 136 Å². The van der Waals surface area contributed by atoms with E-state index in [0.29, 0.717) is 25.2 Å². The molecule has 1 saturated carbocycles. The molecule has 4 fully saturated rings. The molecule has 242 valence electrons. The first-order chi connectivity index (χ1) is 21.5. The Labute approximate surface area is 264 Å². The maximum Gasteiger partial charge on any atom is 0.318 e. The number of β-amino-alcohol motifs (C(OH)–C–C–N with tert-alkyl or cyclic N) is 1. The summed E-state index contributed by atoms with van der Waals surface area (Å²) in [5.41, 5.74) is -0.0840. The van der Waals surface area contributed by atoms with Crippen molar-refractivity contribution in [2.45, 2.75) is 73.7 Å². The van der Waals surface area contributed by atoms with Crippen molar-refractivity contribution in [2.75, 3.05) is 26.2 Å². The maximum atomic E-state index is 14.3. The van der Waals surface area contributed by atoms with E-state index in [2.05, 4.69) is 16.8 Å². The molecule has 3 heterocycles. The number of piperidine rings is 1. The molecule has 0 spiro atoms. The fourth-order valence-electron chi connectivity index (χ4n) is 7.62. The van der Waals surface area contributed by atoms with Crippen molar-refractivity contribution in [2.24, 2.45) is 17.0 Å². The molecule has 2 aromatic rings. The van der Waals surface area contributed by atoms with Crippen LogP contribution in [0.4, 0.5) is 9.18 Å². The monoisotopic (exact) mass is 639 g/mol. The molecule has 10 nitrogen and oxygen atoms in total. The molecule has 4 atom stereocenters. The SMILES string of the molecule is C=CCN(C(=O)NCc1ccc(S(N)(=O)=O)cc1)C1CC2CCC(C1)N2C[C@H]1CN(C(=O)C2CC2)C[C@]1(O)c1cccc(F)c1. The quantitative estimate of drug-likeness (QED) is 0.342. The Bertz CT molecular complexity index is 1540. The van der Waals surface area contributed by atoms with Gasteiger partial charge in [-0.25, -0.2) is 22.7 Å². The highest BCUT2D eigenvalue weighted by Gasteiger charge is 2.53. The number of fused-ring (bicyclic) bond motifs is 2. The second kappa shape index (κ2) is 12.5. The molecule has 0 aromatic heterocycles. The predicted octanol–water partition coefficient (Wildman–Crippen LogP) is 2.92. The summed E-state index contributed by atoms with van der Waals surface area (Å²) < 4.78 is 37.4. The molecule has 3 aliphatic heterocycles. The van der Waals surface area contributed by atoms with E-state index < -0.39 is 21.4 Å². The molecule has 0 radical (unpaired) electrons. The third-order valence-electron chi connectivity index (χ3n) is 10.1. The number of primary sulfonamides is 1. The van der Waals surface area contributed by atoms with Crippen molar-refractivity contribution in [3.63, 3.8) is 0 Å². The largest absolute Gasteiger partial charge is 0.383 e. The number of carbonyl (C=O) groups is 2. The van der Waals surface area contributed by atoms with Crippen LogP contribution in [0.25, 0.3) is 0 Å². The van der Waals surface area contributed by atoms with E-state index in [1.54, 1.807) is 35.2 Å². The van der Waals surface area contributed by atoms with E-state index >= 15 is 0 Å². The molecular weight excluding hydrogens is 597 g/mol. The minimum Gasteiger partial charge on any atom is -0.383 e. The average molecular weight is 640 g/mol. The van der Waals surface area contributed by atoms with Crippen molar-refractivity contribution in [3.8, 4) is 0 Å². The first-order valence-corrected chi connectivity index (χ1v) is 17.3. The van der Waals surface area contributed by atoms with Gasteiger partial charge in [0.15, 0.2) is 0 Å². The van der Waals surface area contributed by atoms with Gasteiger partial charge in [-0.2, -0.15) is 0 Å². The Morgan fingerprint density at radius 1 is 1.11 bits per heavy atom. The molecule has 3 amide bonds. The van der Waals surface area contributed by atoms with E-state index in [1.165, 1.54) is 24.3 Å². The van der Waals surface area contributed by atoms with E-state index in [1.807, 2.05) is 4.90 Å². The number of aliphatic hydroxyl groups is 1. The summed E-state index contributed by atoms with van der Waals surface area (Å²) in [4.78, 5) is 32.5. The standard InChI is InChI=1S/C33H42FN5O5S/c1-2-14-38(32(41)36-18-22-6-12-30(13-7-22)45(35,43)44)29-16-27-10-11-28(17-29)39(27)20-25-19-37(31(40)23-8-9-23)21-33(25,42)24-4-3-5-26(34)15-24/h2-7,12-13,15,23,25,27-29,42H,1,8-11,14,16-21H2,(H,36,41)(H2,35,43,44)/t25-,27?,28?,29?,33+/m1/s1. The van der Waals surface area contributed by atoms with Gasteiger partial charge in [-0.1, -0.05) is 30.3 Å². The number of urea groups is 1. The van der Waals surface area contributed by atoms with Crippen molar-refractivity contribution < 1.29 is 27.5 Å². The molecule has 2 aromatic carbocycles. The molecule has 12 heteroatoms. The second-order valence-corrected chi connectivity index (χ2v) is 14.7. The summed E-state index contributed by atoms with van der Waals surface area (Å²) in [6.45, 7) is 5.68. The minimum atomic E-state index is -3.79. The second-order valence-electron chi connectivity index (χ2n) is 13.1. The van der Waals surface area contributed by atoms with Gasteiger partial charge < -0.3 is 20.2 Å². The third-order valence-corrected chi connectivity index (χ3v) is 11.1. The van der Waals surface area contributed by atoms with Gasteiger partial charge in [0.25, 0.3) is 0 Å². The number of likely N-dealkylation sites (tertiary alicyclic amines) is 1. The Morgan fingerprint density at radius 2 is 1.80 bits per heavy atom. The molecule has 4 N–H and O–H groups in total. The number of benzene rings is 2. The zero-order chi connectivity index (χ0) is 31.9. The van der Waals surface area contributed by atoms with Crippen LogP contribution < -0.4 is 10.5 Å². The van der Waals surface area contributed by atoms with Crippen LogP contribution in [0, 0.1) is 17.7 Å². The average Bonchev–Trinajstić information content (AvgIpc) is 3.77. The number of rotatable bonds is 10. The van der Waals surface area contributed by atoms with Crippen molar-refractivity contribution in [1.29, 1.82) is 0 Å². The lowest BCUT2D eigenvalue weighted by Crippen LogP contribution is -2.55. The van der Waals surface area contributed by atoms with Crippen LogP contribution in [0.3, 0.4) is 0 Å². The number of nitrogens with two attached hydrogens (primary N) is 1. The van der Waals surface area contributed by atoms with Gasteiger partial charge in [0.2, 0.25) is 15.9 Å². The predicted molar refractivity (Wildman–Crippen MR) is 167 cm³/mol. The Balaban J connectivity index is 1.13. The highest BCUT2D eigenvalue weighted by molar-refractivity contribution is 7.89. The van der Waals surface area contributed by atoms with Crippen LogP contribution in [-0.2, 0) is 27.0 Å². The number of amides is 3. The summed E-state index contributed by atoms with van der Waals surface area (Å²) in [6, 6.07) is 12.4. The molecule has 4 aliphatic rings. The van der Waals surface area contributed by atoms with Crippen LogP contribution in [0.1, 0.15) is 49.7 Å². The normalized spacial score (nSPS) is 28.2. The summed E-state index contributed by atoms with van der Waals surface area (Å²) >= 11 is 0. The number of nitrogens with one attached hydrogen (secondary N) is 1. The number of sulfonamides is 1. The number of carbonyl (C=O) groups excluding carboxylic acids is 2. The van der Waals surface area contributed by atoms with Crippen LogP contribution in [-0.4, -0.2) is 84.5 Å². The van der Waals surface area contributed by atoms with Crippen LogP contribution in [0.15, 0.2) is 66.1 Å². The smallest absolute Gasteiger partial charge is 0.318 e. The lowest BCUT2D eigenvalue weighted by Gasteiger charge is -2.45. The van der Waals surface area contributed by atoms with Gasteiger partial charge in [0, 0.05) is 56.1 Å². The lowest BCUT2D eigenvalue weighted by molar-refractivity contribution is -0.132. The summed E-state index contributed by atoms with van der Waals surface area (Å²) in [7, 11) is -3.79. The Hall–Kier alpha value is -3.32. The zero-order valence-corrected chi connectivity index (χ0v) is 26.2. The lowest BCUT2D eigenvalue weighted by atomic mass is 9.82. The van der Waals surface area contributed by atoms with E-state index in [-0.39, 0.29) is 59.9 Å². The molecule has 2 unspecified atom stereocenters. The summed E-state index contributed by atoms with van der Waals surface area (Å²) in [5, 5.41) is 20.2. The van der Waals surface area contributed by atoms with Crippen molar-refractivity contribution in [3.05, 3.63) is 78.1 Å². The zero-order valence-electron chi connectivity index (χ0n) is 25.4. The number of hydrogen-bond donors (Lipinski definition) is 3. The summed E-state index contributed by atoms with van der Waals surface area (Å²) in [6.07, 6.45) is 7.00. The van der Waals surface area contributed by atoms with E-state index in [0.717, 1.165) is 44.1 Å². The van der Waals surface area contributed by atoms with Crippen molar-refractivity contribution >= 4 is 22.0 Å². The fraction of sp³-hybridized carbons (Fsp3) is 0.515. The third kappa shape index (κ3) is 6.65. The molecule has 1 aliphatic carbocycles. The van der Waals surface area contributed by atoms with Crippen LogP contribution >= 0.6 is 0 Å². The maximum absolute atomic E-state index is 14.3. The first-order valence-electron chi connectivity index (χ1n) is 15.8. The summed E-state index contributed by atoms with van der Waals surface area (Å²) in [5.74, 6) is -0.556. The van der Waals surface area contributed by atoms with Gasteiger partial charge in [-0.3, -0.25) is 9.69 Å². The molecule has 2 bridgehead atoms. The minimum absolute atomic E-state index is 0.000123. The van der Waals surface area contributed by atoms with E-state index in [9.17, 15) is 27.5 Å². The molecular formula is C33H42FN5O5S. The molecule has 45 heavy (non-hydrogen) atoms.